The fourth-order valence-electron chi connectivity index (χ4n) is 6.73. The second-order valence-electron chi connectivity index (χ2n) is 14.8. The van der Waals surface area contributed by atoms with E-state index in [2.05, 4.69) is 24.7 Å². The Labute approximate surface area is 366 Å². The van der Waals surface area contributed by atoms with Crippen molar-refractivity contribution < 1.29 is 51.7 Å². The van der Waals surface area contributed by atoms with Crippen LogP contribution in [0.4, 0.5) is 8.78 Å². The van der Waals surface area contributed by atoms with Gasteiger partial charge in [-0.2, -0.15) is 8.78 Å². The van der Waals surface area contributed by atoms with Crippen molar-refractivity contribution in [3.05, 3.63) is 117 Å². The number of benzene rings is 3. The van der Waals surface area contributed by atoms with Crippen molar-refractivity contribution in [1.82, 2.24) is 14.9 Å². The molecule has 328 valence electrons. The predicted molar refractivity (Wildman–Crippen MR) is 227 cm³/mol. The molecule has 4 aromatic rings. The number of piperidine rings is 3. The third kappa shape index (κ3) is 15.0. The van der Waals surface area contributed by atoms with E-state index >= 15 is 0 Å². The lowest BCUT2D eigenvalue weighted by Gasteiger charge is -2.38. The van der Waals surface area contributed by atoms with Crippen LogP contribution in [0.15, 0.2) is 90.1 Å². The minimum atomic E-state index is -2.98. The van der Waals surface area contributed by atoms with Gasteiger partial charge in [0, 0.05) is 24.1 Å². The number of alkyl halides is 2. The minimum Gasteiger partial charge on any atom is -0.489 e. The molecular weight excluding hydrogens is 853 g/mol. The second kappa shape index (κ2) is 24.1. The minimum absolute atomic E-state index is 0.0744. The van der Waals surface area contributed by atoms with E-state index in [0.29, 0.717) is 62.7 Å². The maximum absolute atomic E-state index is 12.7. The van der Waals surface area contributed by atoms with E-state index in [0.717, 1.165) is 25.2 Å². The normalized spacial score (nSPS) is 17.9. The average molecular weight is 905 g/mol. The molecule has 17 heteroatoms. The number of carbonyl (C=O) groups excluding carboxylic acids is 2. The fourth-order valence-corrected chi connectivity index (χ4v) is 8.29. The Morgan fingerprint density at radius 2 is 1.62 bits per heavy atom. The largest absolute Gasteiger partial charge is 0.489 e. The molecule has 12 nitrogen and oxygen atoms in total. The molecule has 1 saturated carbocycles. The number of rotatable bonds is 18. The highest BCUT2D eigenvalue weighted by molar-refractivity contribution is 7.83. The van der Waals surface area contributed by atoms with Gasteiger partial charge in [-0.15, -0.1) is 0 Å². The van der Waals surface area contributed by atoms with Crippen molar-refractivity contribution in [2.24, 2.45) is 11.8 Å². The van der Waals surface area contributed by atoms with Crippen LogP contribution in [0.1, 0.15) is 84.6 Å². The SMILES string of the molecule is C1CN2CCC1CC2.CCCNC(=O)c1cccc(S(=O)NC(C(=O)O)c2ccccc2)c1.O=COC(Cc1c(Cl)c[nH+]cc1Cl)c1ccc(OC(F)F)c(OCC2CC2)c1. The van der Waals surface area contributed by atoms with E-state index in [4.69, 9.17) is 32.7 Å². The van der Waals surface area contributed by atoms with Crippen LogP contribution in [0.2, 0.25) is 10.0 Å². The number of halogens is 4. The Morgan fingerprint density at radius 3 is 2.18 bits per heavy atom. The van der Waals surface area contributed by atoms with Crippen LogP contribution in [0, 0.1) is 11.8 Å². The van der Waals surface area contributed by atoms with Crippen LogP contribution in [0.5, 0.6) is 11.5 Å². The number of nitrogens with zero attached hydrogens (tertiary/aromatic N) is 1. The summed E-state index contributed by atoms with van der Waals surface area (Å²) in [4.78, 5) is 40.2. The highest BCUT2D eigenvalue weighted by Crippen LogP contribution is 2.37. The number of aromatic nitrogens is 1. The monoisotopic (exact) mass is 903 g/mol. The van der Waals surface area contributed by atoms with Crippen molar-refractivity contribution in [2.45, 2.75) is 75.5 Å². The molecule has 3 atom stereocenters. The van der Waals surface area contributed by atoms with Crippen LogP contribution in [0.3, 0.4) is 0 Å². The summed E-state index contributed by atoms with van der Waals surface area (Å²) in [5.74, 6) is 0.246. The van der Waals surface area contributed by atoms with Crippen molar-refractivity contribution >= 4 is 52.5 Å². The summed E-state index contributed by atoms with van der Waals surface area (Å²) in [6, 6.07) is 18.2. The molecular formula is C44H51Cl2F2N4O8S+. The lowest BCUT2D eigenvalue weighted by atomic mass is 9.89. The lowest BCUT2D eigenvalue weighted by Crippen LogP contribution is -2.41. The van der Waals surface area contributed by atoms with E-state index in [1.165, 1.54) is 63.2 Å². The third-order valence-corrected chi connectivity index (χ3v) is 12.2. The number of H-pyrrole nitrogens is 1. The Balaban J connectivity index is 0.000000195. The van der Waals surface area contributed by atoms with E-state index in [-0.39, 0.29) is 23.8 Å². The molecule has 3 saturated heterocycles. The second-order valence-corrected chi connectivity index (χ2v) is 16.9. The zero-order valence-electron chi connectivity index (χ0n) is 33.7. The highest BCUT2D eigenvalue weighted by Gasteiger charge is 2.27. The summed E-state index contributed by atoms with van der Waals surface area (Å²) in [6.07, 6.45) is 9.94. The molecule has 0 radical (unpaired) electrons. The molecule has 4 heterocycles. The molecule has 4 fully saturated rings. The van der Waals surface area contributed by atoms with Gasteiger partial charge in [-0.1, -0.05) is 72.6 Å². The Bertz CT molecular complexity index is 2030. The maximum atomic E-state index is 12.7. The number of aromatic amines is 1. The smallest absolute Gasteiger partial charge is 0.387 e. The molecule has 2 bridgehead atoms. The van der Waals surface area contributed by atoms with Crippen LogP contribution in [-0.2, 0) is 31.7 Å². The van der Waals surface area contributed by atoms with Gasteiger partial charge in [-0.05, 0) is 111 Å². The first-order valence-corrected chi connectivity index (χ1v) is 22.1. The molecule has 3 aromatic carbocycles. The first-order chi connectivity index (χ1) is 29.4. The number of fused-ring (bicyclic) bond motifs is 3. The van der Waals surface area contributed by atoms with Gasteiger partial charge in [0.1, 0.15) is 33.2 Å². The predicted octanol–water partition coefficient (Wildman–Crippen LogP) is 8.02. The molecule has 4 N–H and O–H groups in total. The van der Waals surface area contributed by atoms with Gasteiger partial charge >= 0.3 is 12.6 Å². The highest BCUT2D eigenvalue weighted by atomic mass is 35.5. The third-order valence-electron chi connectivity index (χ3n) is 10.3. The maximum Gasteiger partial charge on any atom is 0.387 e. The number of carboxylic acids is 1. The van der Waals surface area contributed by atoms with Crippen LogP contribution < -0.4 is 24.5 Å². The van der Waals surface area contributed by atoms with Gasteiger partial charge in [0.2, 0.25) is 0 Å². The van der Waals surface area contributed by atoms with Gasteiger partial charge in [0.25, 0.3) is 12.4 Å². The van der Waals surface area contributed by atoms with E-state index in [1.54, 1.807) is 60.9 Å². The Kier molecular flexibility index (Phi) is 18.7. The Hall–Kier alpha value is -4.67. The van der Waals surface area contributed by atoms with Gasteiger partial charge in [-0.3, -0.25) is 14.4 Å². The topological polar surface area (TPSA) is 158 Å². The van der Waals surface area contributed by atoms with Crippen molar-refractivity contribution in [2.75, 3.05) is 32.8 Å². The number of carboxylic acid groups (broad SMARTS) is 1. The lowest BCUT2D eigenvalue weighted by molar-refractivity contribution is -0.377. The summed E-state index contributed by atoms with van der Waals surface area (Å²) in [6.45, 7) is 4.43. The quantitative estimate of drug-likeness (QED) is 0.0842. The first-order valence-electron chi connectivity index (χ1n) is 20.2. The standard InChI is InChI=1S/C19H17Cl2F2NO4.C18H20N2O4S.C7H13N/c20-14-7-24-8-15(21)13(14)6-17(27-10-25)12-3-4-16(28-19(22)23)18(5-12)26-9-11-1-2-11;1-2-11-19-17(21)14-9-6-10-15(12-14)25(24)20-16(18(22)23)13-7-4-3-5-8-13;1-4-8-5-2-7(1)3-6-8/h3-5,7-8,10-11,17,19H,1-2,6,9H2;3-10,12,16,20H,2,11H2,1H3,(H,19,21)(H,22,23);7H,1-6H2/p+1. The van der Waals surface area contributed by atoms with Crippen molar-refractivity contribution in [3.63, 3.8) is 0 Å². The molecule has 1 aromatic heterocycles. The number of carbonyl (C=O) groups is 3. The van der Waals surface area contributed by atoms with Crippen molar-refractivity contribution in [1.29, 1.82) is 0 Å². The molecule has 61 heavy (non-hydrogen) atoms. The van der Waals surface area contributed by atoms with Gasteiger partial charge in [0.15, 0.2) is 23.9 Å². The number of pyridine rings is 1. The molecule has 0 spiro atoms. The van der Waals surface area contributed by atoms with E-state index in [1.807, 2.05) is 6.92 Å². The van der Waals surface area contributed by atoms with Crippen LogP contribution >= 0.6 is 23.2 Å². The average Bonchev–Trinajstić information content (AvgIpc) is 4.11. The summed E-state index contributed by atoms with van der Waals surface area (Å²) in [5.41, 5.74) is 2.01. The molecule has 3 unspecified atom stereocenters. The summed E-state index contributed by atoms with van der Waals surface area (Å²) >= 11 is 12.4. The molecule has 1 amide bonds. The number of nitrogens with one attached hydrogen (secondary N) is 3. The van der Waals surface area contributed by atoms with Crippen LogP contribution in [0.25, 0.3) is 0 Å². The first kappa shape index (κ1) is 47.4. The van der Waals surface area contributed by atoms with Gasteiger partial charge in [0.05, 0.1) is 11.5 Å². The number of ether oxygens (including phenoxy) is 3. The fraction of sp³-hybridized carbons (Fsp3) is 0.409. The number of hydrogen-bond acceptors (Lipinski definition) is 8. The molecule has 8 rings (SSSR count). The summed E-state index contributed by atoms with van der Waals surface area (Å²) in [5, 5.41) is 12.9. The zero-order chi connectivity index (χ0) is 43.7. The Morgan fingerprint density at radius 1 is 0.934 bits per heavy atom. The molecule has 4 aliphatic rings. The van der Waals surface area contributed by atoms with Gasteiger partial charge < -0.3 is 29.5 Å². The number of amides is 1. The summed E-state index contributed by atoms with van der Waals surface area (Å²) in [7, 11) is -1.78. The molecule has 3 aliphatic heterocycles. The zero-order valence-corrected chi connectivity index (χ0v) is 36.0. The van der Waals surface area contributed by atoms with Gasteiger partial charge in [-0.25, -0.2) is 13.9 Å². The number of aliphatic carboxylic acids is 1. The van der Waals surface area contributed by atoms with E-state index < -0.39 is 35.7 Å². The van der Waals surface area contributed by atoms with Crippen molar-refractivity contribution in [3.8, 4) is 11.5 Å². The van der Waals surface area contributed by atoms with E-state index in [9.17, 15) is 32.5 Å². The summed E-state index contributed by atoms with van der Waals surface area (Å²) < 4.78 is 55.9. The molecule has 1 aliphatic carbocycles. The number of hydrogen-bond donors (Lipinski definition) is 3. The van der Waals surface area contributed by atoms with Crippen LogP contribution in [-0.4, -0.2) is 72.0 Å².